The van der Waals surface area contributed by atoms with Crippen molar-refractivity contribution in [2.24, 2.45) is 11.8 Å². The van der Waals surface area contributed by atoms with Crippen molar-refractivity contribution in [2.45, 2.75) is 32.7 Å². The van der Waals surface area contributed by atoms with Gasteiger partial charge in [-0.1, -0.05) is 68.4 Å². The third kappa shape index (κ3) is 8.65. The average Bonchev–Trinajstić information content (AvgIpc) is 2.94. The molecule has 206 valence electrons. The molecule has 38 heavy (non-hydrogen) atoms. The van der Waals surface area contributed by atoms with Gasteiger partial charge in [0.05, 0.1) is 13.2 Å². The zero-order valence-electron chi connectivity index (χ0n) is 22.6. The summed E-state index contributed by atoms with van der Waals surface area (Å²) in [6.45, 7) is 8.16. The molecular formula is C29H40N4O5. The molecule has 0 aliphatic carbocycles. The Labute approximate surface area is 225 Å². The SMILES string of the molecule is CC(C)CC(CC(=O)NO)C(=O)NC(C(=O)N(C)CCN1CCOCC1)c1ccc(-c2ccccc2)cc1. The van der Waals surface area contributed by atoms with Gasteiger partial charge in [0.25, 0.3) is 0 Å². The van der Waals surface area contributed by atoms with E-state index >= 15 is 0 Å². The van der Waals surface area contributed by atoms with Crippen molar-refractivity contribution in [1.29, 1.82) is 0 Å². The molecule has 1 aliphatic rings. The van der Waals surface area contributed by atoms with Gasteiger partial charge in [0.15, 0.2) is 0 Å². The van der Waals surface area contributed by atoms with Crippen molar-refractivity contribution in [1.82, 2.24) is 20.6 Å². The molecule has 3 N–H and O–H groups in total. The number of hydrogen-bond acceptors (Lipinski definition) is 6. The number of ether oxygens (including phenoxy) is 1. The van der Waals surface area contributed by atoms with Crippen molar-refractivity contribution in [3.05, 3.63) is 60.2 Å². The average molecular weight is 525 g/mol. The molecule has 1 aliphatic heterocycles. The molecule has 9 heteroatoms. The second-order valence-corrected chi connectivity index (χ2v) is 10.2. The Bertz CT molecular complexity index is 1040. The molecule has 1 saturated heterocycles. The molecular weight excluding hydrogens is 484 g/mol. The van der Waals surface area contributed by atoms with Crippen LogP contribution in [0.4, 0.5) is 0 Å². The van der Waals surface area contributed by atoms with Gasteiger partial charge in [-0.2, -0.15) is 0 Å². The minimum absolute atomic E-state index is 0.146. The van der Waals surface area contributed by atoms with Crippen molar-refractivity contribution in [3.63, 3.8) is 0 Å². The van der Waals surface area contributed by atoms with E-state index in [1.807, 2.05) is 68.4 Å². The fourth-order valence-electron chi connectivity index (χ4n) is 4.61. The minimum atomic E-state index is -0.908. The highest BCUT2D eigenvalue weighted by molar-refractivity contribution is 5.91. The van der Waals surface area contributed by atoms with E-state index in [9.17, 15) is 14.4 Å². The standard InChI is InChI=1S/C29H40N4O5/c1-21(2)19-25(20-26(34)31-37)28(35)30-27(29(36)32(3)13-14-33-15-17-38-18-16-33)24-11-9-23(10-12-24)22-7-5-4-6-8-22/h4-12,21,25,27,37H,13-20H2,1-3H3,(H,30,35)(H,31,34). The largest absolute Gasteiger partial charge is 0.379 e. The monoisotopic (exact) mass is 524 g/mol. The topological polar surface area (TPSA) is 111 Å². The molecule has 0 spiro atoms. The fraction of sp³-hybridized carbons (Fsp3) is 0.483. The molecule has 2 aromatic carbocycles. The second kappa shape index (κ2) is 14.6. The number of nitrogens with one attached hydrogen (secondary N) is 2. The van der Waals surface area contributed by atoms with Gasteiger partial charge in [-0.25, -0.2) is 5.48 Å². The van der Waals surface area contributed by atoms with E-state index in [1.165, 1.54) is 0 Å². The number of hydrogen-bond donors (Lipinski definition) is 3. The van der Waals surface area contributed by atoms with E-state index in [2.05, 4.69) is 10.2 Å². The van der Waals surface area contributed by atoms with Gasteiger partial charge in [-0.15, -0.1) is 0 Å². The maximum Gasteiger partial charge on any atom is 0.249 e. The van der Waals surface area contributed by atoms with Crippen LogP contribution >= 0.6 is 0 Å². The summed E-state index contributed by atoms with van der Waals surface area (Å²) in [5.74, 6) is -1.79. The van der Waals surface area contributed by atoms with Gasteiger partial charge in [0.1, 0.15) is 6.04 Å². The van der Waals surface area contributed by atoms with Crippen LogP contribution < -0.4 is 10.8 Å². The van der Waals surface area contributed by atoms with Crippen LogP contribution in [0.5, 0.6) is 0 Å². The smallest absolute Gasteiger partial charge is 0.249 e. The molecule has 9 nitrogen and oxygen atoms in total. The van der Waals surface area contributed by atoms with Gasteiger partial charge in [0.2, 0.25) is 17.7 Å². The van der Waals surface area contributed by atoms with E-state index < -0.39 is 23.8 Å². The van der Waals surface area contributed by atoms with Crippen LogP contribution in [0.25, 0.3) is 11.1 Å². The number of carbonyl (C=O) groups excluding carboxylic acids is 3. The second-order valence-electron chi connectivity index (χ2n) is 10.2. The highest BCUT2D eigenvalue weighted by Gasteiger charge is 2.30. The molecule has 1 fully saturated rings. The molecule has 0 radical (unpaired) electrons. The van der Waals surface area contributed by atoms with Crippen molar-refractivity contribution < 1.29 is 24.3 Å². The zero-order chi connectivity index (χ0) is 27.5. The summed E-state index contributed by atoms with van der Waals surface area (Å²) in [6.07, 6.45) is 0.279. The highest BCUT2D eigenvalue weighted by Crippen LogP contribution is 2.24. The van der Waals surface area contributed by atoms with Gasteiger partial charge in [-0.3, -0.25) is 24.5 Å². The molecule has 1 heterocycles. The van der Waals surface area contributed by atoms with Gasteiger partial charge < -0.3 is 15.0 Å². The molecule has 0 bridgehead atoms. The normalized spacial score (nSPS) is 15.5. The van der Waals surface area contributed by atoms with Crippen molar-refractivity contribution in [2.75, 3.05) is 46.4 Å². The summed E-state index contributed by atoms with van der Waals surface area (Å²) in [5, 5.41) is 11.9. The van der Waals surface area contributed by atoms with Crippen molar-refractivity contribution in [3.8, 4) is 11.1 Å². The van der Waals surface area contributed by atoms with E-state index in [-0.39, 0.29) is 18.2 Å². The van der Waals surface area contributed by atoms with Gasteiger partial charge in [-0.05, 0) is 29.0 Å². The van der Waals surface area contributed by atoms with Crippen LogP contribution in [-0.4, -0.2) is 79.2 Å². The predicted octanol–water partition coefficient (Wildman–Crippen LogP) is 2.86. The number of morpholine rings is 1. The summed E-state index contributed by atoms with van der Waals surface area (Å²) in [4.78, 5) is 42.8. The molecule has 2 unspecified atom stereocenters. The molecule has 3 amide bonds. The summed E-state index contributed by atoms with van der Waals surface area (Å²) in [7, 11) is 1.74. The highest BCUT2D eigenvalue weighted by atomic mass is 16.5. The molecule has 2 aromatic rings. The molecule has 0 aromatic heterocycles. The van der Waals surface area contributed by atoms with Crippen LogP contribution in [0.3, 0.4) is 0 Å². The lowest BCUT2D eigenvalue weighted by molar-refractivity contribution is -0.139. The first-order chi connectivity index (χ1) is 18.3. The van der Waals surface area contributed by atoms with Crippen LogP contribution in [0.2, 0.25) is 0 Å². The lowest BCUT2D eigenvalue weighted by atomic mass is 9.92. The number of carbonyl (C=O) groups is 3. The van der Waals surface area contributed by atoms with Crippen LogP contribution in [0.15, 0.2) is 54.6 Å². The van der Waals surface area contributed by atoms with Gasteiger partial charge in [0, 0.05) is 45.6 Å². The van der Waals surface area contributed by atoms with Gasteiger partial charge >= 0.3 is 0 Å². The van der Waals surface area contributed by atoms with E-state index in [1.54, 1.807) is 17.4 Å². The third-order valence-corrected chi connectivity index (χ3v) is 6.80. The van der Waals surface area contributed by atoms with Crippen LogP contribution in [-0.2, 0) is 19.1 Å². The number of amides is 3. The molecule has 0 saturated carbocycles. The summed E-state index contributed by atoms with van der Waals surface area (Å²) < 4.78 is 5.41. The van der Waals surface area contributed by atoms with Crippen LogP contribution in [0.1, 0.15) is 38.3 Å². The maximum absolute atomic E-state index is 13.7. The Kier molecular flexibility index (Phi) is 11.3. The van der Waals surface area contributed by atoms with Crippen LogP contribution in [0, 0.1) is 11.8 Å². The number of likely N-dealkylation sites (N-methyl/N-ethyl adjacent to an activating group) is 1. The van der Waals surface area contributed by atoms with E-state index in [0.717, 1.165) is 24.2 Å². The molecule has 2 atom stereocenters. The first-order valence-electron chi connectivity index (χ1n) is 13.2. The lowest BCUT2D eigenvalue weighted by Gasteiger charge is -2.30. The summed E-state index contributed by atoms with van der Waals surface area (Å²) >= 11 is 0. The fourth-order valence-corrected chi connectivity index (χ4v) is 4.61. The Morgan fingerprint density at radius 2 is 1.63 bits per heavy atom. The number of nitrogens with zero attached hydrogens (tertiary/aromatic N) is 2. The number of hydroxylamine groups is 1. The number of rotatable bonds is 12. The Morgan fingerprint density at radius 1 is 1.00 bits per heavy atom. The Balaban J connectivity index is 1.81. The quantitative estimate of drug-likeness (QED) is 0.291. The third-order valence-electron chi connectivity index (χ3n) is 6.80. The maximum atomic E-state index is 13.7. The summed E-state index contributed by atoms with van der Waals surface area (Å²) in [5.41, 5.74) is 4.34. The van der Waals surface area contributed by atoms with E-state index in [0.29, 0.717) is 38.3 Å². The predicted molar refractivity (Wildman–Crippen MR) is 145 cm³/mol. The number of benzene rings is 2. The molecule has 3 rings (SSSR count). The first-order valence-corrected chi connectivity index (χ1v) is 13.2. The Morgan fingerprint density at radius 3 is 2.24 bits per heavy atom. The van der Waals surface area contributed by atoms with Crippen molar-refractivity contribution >= 4 is 17.7 Å². The summed E-state index contributed by atoms with van der Waals surface area (Å²) in [6, 6.07) is 16.6. The minimum Gasteiger partial charge on any atom is -0.379 e. The first kappa shape index (κ1) is 29.3. The van der Waals surface area contributed by atoms with E-state index in [4.69, 9.17) is 9.94 Å². The lowest BCUT2D eigenvalue weighted by Crippen LogP contribution is -2.47. The Hall–Kier alpha value is -3.27. The zero-order valence-corrected chi connectivity index (χ0v) is 22.6.